The third-order valence-electron chi connectivity index (χ3n) is 16.5. The Morgan fingerprint density at radius 1 is 0.845 bits per heavy atom. The quantitative estimate of drug-likeness (QED) is 0.0623. The first-order valence-electron chi connectivity index (χ1n) is 28.5. The number of allylic oxidation sites excluding steroid dienone is 2. The minimum absolute atomic E-state index is 0.0110. The maximum atomic E-state index is 15.4. The van der Waals surface area contributed by atoms with E-state index in [1.54, 1.807) is 49.4 Å². The number of phenols is 1. The molecule has 6 aliphatic heterocycles. The van der Waals surface area contributed by atoms with Crippen molar-refractivity contribution < 1.29 is 61.9 Å². The van der Waals surface area contributed by atoms with E-state index in [9.17, 15) is 19.5 Å². The Kier molecular flexibility index (Phi) is 16.6. The van der Waals surface area contributed by atoms with Crippen molar-refractivity contribution >= 4 is 56.9 Å². The molecule has 2 aromatic heterocycles. The maximum Gasteiger partial charge on any atom is 0.343 e. The van der Waals surface area contributed by atoms with Crippen molar-refractivity contribution in [1.29, 1.82) is 0 Å². The van der Waals surface area contributed by atoms with Gasteiger partial charge in [0.1, 0.15) is 34.5 Å². The van der Waals surface area contributed by atoms with Crippen LogP contribution in [0.3, 0.4) is 0 Å². The topological polar surface area (TPSA) is 241 Å². The number of phenolic OH excluding ortho intramolecular Hbond substituents is 1. The van der Waals surface area contributed by atoms with E-state index in [0.717, 1.165) is 19.6 Å². The Morgan fingerprint density at radius 3 is 2.15 bits per heavy atom. The summed E-state index contributed by atoms with van der Waals surface area (Å²) in [4.78, 5) is 91.0. The number of piperazine rings is 1. The average molecular weight is 1150 g/mol. The van der Waals surface area contributed by atoms with Crippen LogP contribution in [0.15, 0.2) is 107 Å². The number of ketones is 1. The molecule has 1 aliphatic carbocycles. The molecular weight excluding hydrogens is 1080 g/mol. The van der Waals surface area contributed by atoms with Crippen LogP contribution in [0.5, 0.6) is 17.2 Å². The summed E-state index contributed by atoms with van der Waals surface area (Å²) in [5.41, 5.74) is -0.164. The van der Waals surface area contributed by atoms with Crippen LogP contribution in [0.1, 0.15) is 106 Å². The van der Waals surface area contributed by atoms with Gasteiger partial charge in [-0.15, -0.1) is 0 Å². The zero-order valence-electron chi connectivity index (χ0n) is 49.4. The summed E-state index contributed by atoms with van der Waals surface area (Å²) < 4.78 is 51.6. The molecule has 0 radical (unpaired) electrons. The zero-order chi connectivity index (χ0) is 60.1. The molecule has 2 saturated heterocycles. The number of anilines is 2. The van der Waals surface area contributed by atoms with Crippen LogP contribution >= 0.6 is 0 Å². The van der Waals surface area contributed by atoms with Crippen LogP contribution in [-0.4, -0.2) is 124 Å². The molecule has 2 aromatic carbocycles. The van der Waals surface area contributed by atoms with Crippen LogP contribution in [0, 0.1) is 36.5 Å². The van der Waals surface area contributed by atoms with E-state index in [1.807, 2.05) is 47.6 Å². The largest absolute Gasteiger partial charge is 0.507 e. The van der Waals surface area contributed by atoms with Gasteiger partial charge in [0.25, 0.3) is 11.7 Å². The fourth-order valence-electron chi connectivity index (χ4n) is 12.0. The van der Waals surface area contributed by atoms with E-state index in [1.165, 1.54) is 64.1 Å². The minimum Gasteiger partial charge on any atom is -0.507 e. The van der Waals surface area contributed by atoms with Gasteiger partial charge in [0.15, 0.2) is 22.9 Å². The Balaban J connectivity index is 1.16. The smallest absolute Gasteiger partial charge is 0.343 e. The highest BCUT2D eigenvalue weighted by Crippen LogP contribution is 2.51. The van der Waals surface area contributed by atoms with Gasteiger partial charge in [0.05, 0.1) is 46.7 Å². The van der Waals surface area contributed by atoms with Crippen molar-refractivity contribution in [2.24, 2.45) is 29.6 Å². The lowest BCUT2D eigenvalue weighted by Gasteiger charge is -2.50. The summed E-state index contributed by atoms with van der Waals surface area (Å²) >= 11 is 0. The highest BCUT2D eigenvalue weighted by Gasteiger charge is 2.51. The molecular formula is C64H72N6O14. The molecule has 0 saturated carbocycles. The first-order chi connectivity index (χ1) is 40.0. The molecule has 9 unspecified atom stereocenters. The van der Waals surface area contributed by atoms with Gasteiger partial charge in [-0.3, -0.25) is 29.3 Å². The number of fused-ring (bicyclic) bond motifs is 10. The second kappa shape index (κ2) is 23.5. The number of amides is 1. The maximum absolute atomic E-state index is 15.4. The second-order valence-corrected chi connectivity index (χ2v) is 23.4. The number of Topliss-reactive ketones (excluding diaryl/α,β-unsaturated/α-hetero) is 1. The van der Waals surface area contributed by atoms with Crippen molar-refractivity contribution in [2.45, 2.75) is 112 Å². The molecule has 0 spiro atoms. The lowest BCUT2D eigenvalue weighted by Crippen LogP contribution is -2.56. The first-order valence-corrected chi connectivity index (χ1v) is 28.5. The van der Waals surface area contributed by atoms with Crippen molar-refractivity contribution in [3.8, 4) is 28.7 Å². The average Bonchev–Trinajstić information content (AvgIpc) is 1.46. The Bertz CT molecular complexity index is 3650. The lowest BCUT2D eigenvalue weighted by atomic mass is 9.77. The molecule has 20 heteroatoms. The SMILES string of the molecule is COC1/C=C/OC2(C)Oc3c(C)c(O)c4c(=O)c(c5oc6cc(N7CCN(CC(C)C)CC7)cc(OC(=O)c7ccncc7)c6nc-5c4c3C2=O)NC(=O)/C(C)=C\C=C\C(C)C2OC(C)(C)OC(C2C)C(C)C(OC(=O)c2ccncc2)C1C. The summed E-state index contributed by atoms with van der Waals surface area (Å²) in [6, 6.07) is 9.59. The van der Waals surface area contributed by atoms with E-state index >= 15 is 9.59 Å². The van der Waals surface area contributed by atoms with Gasteiger partial charge in [-0.05, 0) is 64.0 Å². The summed E-state index contributed by atoms with van der Waals surface area (Å²) in [6.45, 7) is 24.0. The van der Waals surface area contributed by atoms with Crippen LogP contribution in [0.25, 0.3) is 33.3 Å². The van der Waals surface area contributed by atoms with Gasteiger partial charge < -0.3 is 52.9 Å². The number of rotatable bonds is 8. The monoisotopic (exact) mass is 1150 g/mol. The number of methoxy groups -OCH3 is 1. The van der Waals surface area contributed by atoms with Gasteiger partial charge in [-0.2, -0.15) is 0 Å². The Morgan fingerprint density at radius 2 is 1.50 bits per heavy atom. The number of pyridine rings is 2. The molecule has 1 amide bonds. The van der Waals surface area contributed by atoms with Gasteiger partial charge in [0, 0.05) is 130 Å². The molecule has 2 fully saturated rings. The van der Waals surface area contributed by atoms with E-state index in [4.69, 9.17) is 42.6 Å². The standard InChI is InChI=1S/C64H72N6O14/c1-33(2)32-69-25-27-70(28-26-69)42-30-44-49(45(31-42)80-61(75)40-16-21-65-22-17-40)67-50-46-47-52(71)37(6)57-48(46)59(73)64(11,84-57)78-29-20-43(77-12)36(5)55(81-62(76)41-18-23-66-24-19-41)39(8)56-38(7)54(82-63(9,10)83-56)34(3)14-13-15-35(4)60(74)68-51(53(47)72)58(50)79-44/h13-24,29-31,33-34,36,38-39,43,54-56,71H,25-28,32H2,1-12H3,(H,68,74)/b14-13+,29-20+,35-15-. The summed E-state index contributed by atoms with van der Waals surface area (Å²) in [5.74, 6) is -8.02. The number of benzene rings is 3. The molecule has 4 aromatic rings. The van der Waals surface area contributed by atoms with Crippen LogP contribution in [0.4, 0.5) is 11.4 Å². The van der Waals surface area contributed by atoms with Crippen molar-refractivity contribution in [1.82, 2.24) is 19.9 Å². The first kappa shape index (κ1) is 59.1. The molecule has 11 rings (SSSR count). The third-order valence-corrected chi connectivity index (χ3v) is 16.5. The number of carbonyl (C=O) groups is 4. The number of hydrogen-bond acceptors (Lipinski definition) is 19. The molecule has 20 nitrogen and oxygen atoms in total. The fraction of sp³-hybridized carbons (Fsp3) is 0.438. The summed E-state index contributed by atoms with van der Waals surface area (Å²) in [5, 5.41) is 14.5. The van der Waals surface area contributed by atoms with Gasteiger partial charge in [0.2, 0.25) is 5.43 Å². The molecule has 442 valence electrons. The van der Waals surface area contributed by atoms with E-state index < -0.39 is 82.6 Å². The number of nitrogens with zero attached hydrogens (tertiary/aromatic N) is 5. The number of aromatic nitrogens is 3. The van der Waals surface area contributed by atoms with E-state index in [2.05, 4.69) is 38.9 Å². The predicted octanol–water partition coefficient (Wildman–Crippen LogP) is 9.83. The lowest BCUT2D eigenvalue weighted by molar-refractivity contribution is -0.336. The van der Waals surface area contributed by atoms with Gasteiger partial charge in [-0.25, -0.2) is 14.6 Å². The highest BCUT2D eigenvalue weighted by molar-refractivity contribution is 6.22. The van der Waals surface area contributed by atoms with Crippen LogP contribution in [0.2, 0.25) is 0 Å². The molecule has 7 bridgehead atoms. The van der Waals surface area contributed by atoms with Crippen molar-refractivity contribution in [2.75, 3.05) is 50.1 Å². The predicted molar refractivity (Wildman–Crippen MR) is 313 cm³/mol. The number of carbonyl (C=O) groups excluding carboxylic acids is 4. The van der Waals surface area contributed by atoms with Crippen LogP contribution in [-0.2, 0) is 28.5 Å². The van der Waals surface area contributed by atoms with Gasteiger partial charge in [-0.1, -0.05) is 59.8 Å². The molecule has 2 N–H and O–H groups in total. The summed E-state index contributed by atoms with van der Waals surface area (Å²) in [7, 11) is 1.50. The zero-order valence-corrected chi connectivity index (χ0v) is 49.4. The number of nitrogens with one attached hydrogen (secondary N) is 1. The molecule has 9 atom stereocenters. The molecule has 8 heterocycles. The number of ether oxygens (including phenoxy) is 7. The molecule has 84 heavy (non-hydrogen) atoms. The Labute approximate surface area is 487 Å². The van der Waals surface area contributed by atoms with Crippen LogP contribution < -0.4 is 25.1 Å². The summed E-state index contributed by atoms with van der Waals surface area (Å²) in [6.07, 6.45) is 11.4. The Hall–Kier alpha value is -8.04. The van der Waals surface area contributed by atoms with Crippen molar-refractivity contribution in [3.05, 3.63) is 130 Å². The normalized spacial score (nSPS) is 27.2. The van der Waals surface area contributed by atoms with Gasteiger partial charge >= 0.3 is 17.7 Å². The third kappa shape index (κ3) is 11.4. The molecule has 7 aliphatic rings. The fourth-order valence-corrected chi connectivity index (χ4v) is 12.0. The van der Waals surface area contributed by atoms with E-state index in [-0.39, 0.29) is 84.6 Å². The number of hydrogen-bond donors (Lipinski definition) is 2. The van der Waals surface area contributed by atoms with E-state index in [0.29, 0.717) is 30.3 Å². The van der Waals surface area contributed by atoms with Crippen molar-refractivity contribution in [3.63, 3.8) is 0 Å². The highest BCUT2D eigenvalue weighted by atomic mass is 16.7. The minimum atomic E-state index is -2.13. The number of esters is 2. The number of aromatic hydroxyl groups is 1. The second-order valence-electron chi connectivity index (χ2n) is 23.4.